The first kappa shape index (κ1) is 8.78. The van der Waals surface area contributed by atoms with Crippen LogP contribution in [0.5, 0.6) is 0 Å². The summed E-state index contributed by atoms with van der Waals surface area (Å²) >= 11 is 0. The van der Waals surface area contributed by atoms with Crippen LogP contribution in [0.3, 0.4) is 0 Å². The van der Waals surface area contributed by atoms with E-state index in [-0.39, 0.29) is 5.56 Å². The van der Waals surface area contributed by atoms with Crippen LogP contribution in [0.1, 0.15) is 18.9 Å². The van der Waals surface area contributed by atoms with E-state index in [2.05, 4.69) is 0 Å². The predicted molar refractivity (Wildman–Crippen MR) is 51.0 cm³/mol. The molecule has 0 aliphatic carbocycles. The van der Waals surface area contributed by atoms with Gasteiger partial charge in [0.25, 0.3) is 5.56 Å². The van der Waals surface area contributed by atoms with Gasteiger partial charge < -0.3 is 4.57 Å². The quantitative estimate of drug-likeness (QED) is 0.651. The largest absolute Gasteiger partial charge is 0.318 e. The number of aromatic nitrogens is 1. The lowest BCUT2D eigenvalue weighted by Gasteiger charge is -1.96. The van der Waals surface area contributed by atoms with E-state index < -0.39 is 0 Å². The molecule has 1 heterocycles. The van der Waals surface area contributed by atoms with E-state index in [0.717, 1.165) is 12.0 Å². The van der Waals surface area contributed by atoms with Gasteiger partial charge in [0.2, 0.25) is 0 Å². The first-order valence-electron chi connectivity index (χ1n) is 4.08. The molecule has 1 aromatic heterocycles. The Labute approximate surface area is 72.2 Å². The summed E-state index contributed by atoms with van der Waals surface area (Å²) in [6.45, 7) is 2.05. The van der Waals surface area contributed by atoms with Crippen molar-refractivity contribution in [3.05, 3.63) is 40.3 Å². The molecule has 0 saturated heterocycles. The van der Waals surface area contributed by atoms with Gasteiger partial charge in [-0.3, -0.25) is 4.79 Å². The molecular weight excluding hydrogens is 150 g/mol. The molecule has 0 aliphatic heterocycles. The Morgan fingerprint density at radius 3 is 3.00 bits per heavy atom. The molecule has 12 heavy (non-hydrogen) atoms. The summed E-state index contributed by atoms with van der Waals surface area (Å²) in [7, 11) is 1.76. The van der Waals surface area contributed by atoms with E-state index >= 15 is 0 Å². The Morgan fingerprint density at radius 1 is 1.58 bits per heavy atom. The van der Waals surface area contributed by atoms with E-state index in [1.54, 1.807) is 17.8 Å². The van der Waals surface area contributed by atoms with Crippen LogP contribution in [0.15, 0.2) is 29.2 Å². The molecule has 0 aromatic carbocycles. The van der Waals surface area contributed by atoms with Crippen LogP contribution in [0.4, 0.5) is 0 Å². The Balaban J connectivity index is 3.09. The molecule has 0 N–H and O–H groups in total. The Morgan fingerprint density at radius 2 is 2.33 bits per heavy atom. The van der Waals surface area contributed by atoms with Crippen LogP contribution >= 0.6 is 0 Å². The summed E-state index contributed by atoms with van der Waals surface area (Å²) in [5.74, 6) is 0. The van der Waals surface area contributed by atoms with Crippen LogP contribution < -0.4 is 5.56 Å². The number of pyridine rings is 1. The van der Waals surface area contributed by atoms with Gasteiger partial charge in [0, 0.05) is 18.8 Å². The molecule has 64 valence electrons. The third kappa shape index (κ3) is 1.84. The second-order valence-electron chi connectivity index (χ2n) is 2.69. The molecule has 1 aromatic rings. The van der Waals surface area contributed by atoms with Gasteiger partial charge in [-0.25, -0.2) is 0 Å². The molecule has 2 heteroatoms. The number of aryl methyl sites for hydroxylation is 1. The molecule has 0 atom stereocenters. The maximum atomic E-state index is 11.4. The first-order valence-corrected chi connectivity index (χ1v) is 4.08. The summed E-state index contributed by atoms with van der Waals surface area (Å²) in [5.41, 5.74) is 0.809. The second-order valence-corrected chi connectivity index (χ2v) is 2.69. The maximum Gasteiger partial charge on any atom is 0.257 e. The third-order valence-corrected chi connectivity index (χ3v) is 1.69. The van der Waals surface area contributed by atoms with Gasteiger partial charge >= 0.3 is 0 Å². The van der Waals surface area contributed by atoms with E-state index in [0.29, 0.717) is 0 Å². The molecular formula is C10H13NO. The average Bonchev–Trinajstić information content (AvgIpc) is 2.08. The standard InChI is InChI=1S/C10H13NO/c1-3-4-6-9-7-5-8-11(2)10(9)12/h4-8H,3H2,1-2H3/b6-4+. The average molecular weight is 163 g/mol. The van der Waals surface area contributed by atoms with Crippen molar-refractivity contribution >= 4 is 6.08 Å². The monoisotopic (exact) mass is 163 g/mol. The fourth-order valence-electron chi connectivity index (χ4n) is 0.990. The van der Waals surface area contributed by atoms with Gasteiger partial charge in [-0.2, -0.15) is 0 Å². The second kappa shape index (κ2) is 3.90. The Hall–Kier alpha value is -1.31. The van der Waals surface area contributed by atoms with Gasteiger partial charge in [0.1, 0.15) is 0 Å². The lowest BCUT2D eigenvalue weighted by Crippen LogP contribution is -2.17. The lowest BCUT2D eigenvalue weighted by molar-refractivity contribution is 0.857. The molecule has 0 saturated carbocycles. The number of nitrogens with zero attached hydrogens (tertiary/aromatic N) is 1. The first-order chi connectivity index (χ1) is 5.75. The summed E-state index contributed by atoms with van der Waals surface area (Å²) in [6, 6.07) is 3.70. The van der Waals surface area contributed by atoms with Gasteiger partial charge in [0.05, 0.1) is 0 Å². The zero-order chi connectivity index (χ0) is 8.97. The van der Waals surface area contributed by atoms with Crippen molar-refractivity contribution in [2.75, 3.05) is 0 Å². The molecule has 0 spiro atoms. The summed E-state index contributed by atoms with van der Waals surface area (Å²) in [5, 5.41) is 0. The molecule has 2 nitrogen and oxygen atoms in total. The fourth-order valence-corrected chi connectivity index (χ4v) is 0.990. The van der Waals surface area contributed by atoms with Crippen LogP contribution in [0.25, 0.3) is 6.08 Å². The lowest BCUT2D eigenvalue weighted by atomic mass is 10.2. The van der Waals surface area contributed by atoms with Crippen molar-refractivity contribution in [1.29, 1.82) is 0 Å². The van der Waals surface area contributed by atoms with E-state index in [9.17, 15) is 4.79 Å². The SMILES string of the molecule is CC/C=C/c1cccn(C)c1=O. The van der Waals surface area contributed by atoms with Crippen LogP contribution in [-0.2, 0) is 7.05 Å². The predicted octanol–water partition coefficient (Wildman–Crippen LogP) is 1.81. The van der Waals surface area contributed by atoms with Gasteiger partial charge in [-0.1, -0.05) is 19.1 Å². The number of hydrogen-bond donors (Lipinski definition) is 0. The number of allylic oxidation sites excluding steroid dienone is 1. The van der Waals surface area contributed by atoms with Gasteiger partial charge in [-0.15, -0.1) is 0 Å². The van der Waals surface area contributed by atoms with E-state index in [1.165, 1.54) is 0 Å². The molecule has 0 radical (unpaired) electrons. The molecule has 1 rings (SSSR count). The van der Waals surface area contributed by atoms with E-state index in [1.807, 2.05) is 31.2 Å². The Bertz CT molecular complexity index is 336. The van der Waals surface area contributed by atoms with Crippen LogP contribution in [0, 0.1) is 0 Å². The highest BCUT2D eigenvalue weighted by atomic mass is 16.1. The van der Waals surface area contributed by atoms with Crippen molar-refractivity contribution in [3.63, 3.8) is 0 Å². The van der Waals surface area contributed by atoms with Crippen molar-refractivity contribution < 1.29 is 0 Å². The van der Waals surface area contributed by atoms with Gasteiger partial charge in [-0.05, 0) is 18.6 Å². The van der Waals surface area contributed by atoms with Gasteiger partial charge in [0.15, 0.2) is 0 Å². The maximum absolute atomic E-state index is 11.4. The zero-order valence-corrected chi connectivity index (χ0v) is 7.45. The highest BCUT2D eigenvalue weighted by Gasteiger charge is 1.93. The minimum absolute atomic E-state index is 0.0576. The van der Waals surface area contributed by atoms with Crippen LogP contribution in [-0.4, -0.2) is 4.57 Å². The molecule has 0 aliphatic rings. The summed E-state index contributed by atoms with van der Waals surface area (Å²) in [6.07, 6.45) is 6.56. The highest BCUT2D eigenvalue weighted by Crippen LogP contribution is 1.95. The molecule has 0 unspecified atom stereocenters. The molecule has 0 fully saturated rings. The minimum Gasteiger partial charge on any atom is -0.318 e. The fraction of sp³-hybridized carbons (Fsp3) is 0.300. The van der Waals surface area contributed by atoms with Crippen molar-refractivity contribution in [2.24, 2.45) is 7.05 Å². The van der Waals surface area contributed by atoms with Crippen molar-refractivity contribution in [2.45, 2.75) is 13.3 Å². The summed E-state index contributed by atoms with van der Waals surface area (Å²) < 4.78 is 1.58. The normalized spacial score (nSPS) is 10.8. The highest BCUT2D eigenvalue weighted by molar-refractivity contribution is 5.47. The van der Waals surface area contributed by atoms with E-state index in [4.69, 9.17) is 0 Å². The third-order valence-electron chi connectivity index (χ3n) is 1.69. The van der Waals surface area contributed by atoms with Crippen LogP contribution in [0.2, 0.25) is 0 Å². The molecule has 0 bridgehead atoms. The summed E-state index contributed by atoms with van der Waals surface area (Å²) in [4.78, 5) is 11.4. The zero-order valence-electron chi connectivity index (χ0n) is 7.45. The molecule has 0 amide bonds. The topological polar surface area (TPSA) is 22.0 Å². The van der Waals surface area contributed by atoms with Crippen molar-refractivity contribution in [1.82, 2.24) is 4.57 Å². The smallest absolute Gasteiger partial charge is 0.257 e. The minimum atomic E-state index is 0.0576. The Kier molecular flexibility index (Phi) is 2.86. The van der Waals surface area contributed by atoms with Crippen molar-refractivity contribution in [3.8, 4) is 0 Å². The number of rotatable bonds is 2. The number of hydrogen-bond acceptors (Lipinski definition) is 1.